The Hall–Kier alpha value is -2.85. The normalized spacial score (nSPS) is 11.9. The van der Waals surface area contributed by atoms with Crippen molar-refractivity contribution in [2.75, 3.05) is 26.0 Å². The maximum atomic E-state index is 10.7. The number of hydrogen-bond donors (Lipinski definition) is 1. The van der Waals surface area contributed by atoms with E-state index in [0.29, 0.717) is 12.2 Å². The van der Waals surface area contributed by atoms with Crippen LogP contribution in [0.25, 0.3) is 0 Å². The fourth-order valence-corrected chi connectivity index (χ4v) is 2.12. The predicted octanol–water partition coefficient (Wildman–Crippen LogP) is 2.77. The molecule has 2 rings (SSSR count). The van der Waals surface area contributed by atoms with Gasteiger partial charge in [-0.15, -0.1) is 0 Å². The molecule has 114 valence electrons. The summed E-state index contributed by atoms with van der Waals surface area (Å²) >= 11 is 0. The van der Waals surface area contributed by atoms with Gasteiger partial charge in [0.25, 0.3) is 5.69 Å². The Labute approximate surface area is 127 Å². The molecule has 7 heteroatoms. The quantitative estimate of drug-likeness (QED) is 0.651. The Bertz CT molecular complexity index is 689. The number of nitro benzene ring substituents is 1. The summed E-state index contributed by atoms with van der Waals surface area (Å²) in [5.74, 6) is 0.804. The highest BCUT2D eigenvalue weighted by Crippen LogP contribution is 2.24. The number of likely N-dealkylation sites (N-methyl/N-ethyl adjacent to an activating group) is 1. The van der Waals surface area contributed by atoms with Crippen LogP contribution in [0.15, 0.2) is 41.0 Å². The largest absolute Gasteiger partial charge is 0.468 e. The lowest BCUT2D eigenvalue weighted by atomic mass is 10.1. The van der Waals surface area contributed by atoms with Crippen LogP contribution in [0.5, 0.6) is 0 Å². The summed E-state index contributed by atoms with van der Waals surface area (Å²) in [4.78, 5) is 12.2. The van der Waals surface area contributed by atoms with E-state index in [9.17, 15) is 10.1 Å². The molecule has 22 heavy (non-hydrogen) atoms. The lowest BCUT2D eigenvalue weighted by molar-refractivity contribution is -0.384. The molecule has 0 saturated carbocycles. The SMILES string of the molecule is CN(C)C(CNc1ccc([N+](=O)[O-])cc1C#N)c1ccco1. The van der Waals surface area contributed by atoms with Crippen molar-refractivity contribution in [3.8, 4) is 6.07 Å². The third-order valence-electron chi connectivity index (χ3n) is 3.32. The predicted molar refractivity (Wildman–Crippen MR) is 81.4 cm³/mol. The van der Waals surface area contributed by atoms with E-state index < -0.39 is 4.92 Å². The number of furan rings is 1. The minimum absolute atomic E-state index is 0.0169. The molecule has 0 fully saturated rings. The van der Waals surface area contributed by atoms with E-state index in [2.05, 4.69) is 5.32 Å². The van der Waals surface area contributed by atoms with Crippen LogP contribution in [0.1, 0.15) is 17.4 Å². The van der Waals surface area contributed by atoms with Crippen molar-refractivity contribution in [1.29, 1.82) is 5.26 Å². The number of nitriles is 1. The number of hydrogen-bond acceptors (Lipinski definition) is 6. The maximum Gasteiger partial charge on any atom is 0.270 e. The zero-order valence-electron chi connectivity index (χ0n) is 12.3. The van der Waals surface area contributed by atoms with Gasteiger partial charge in [0.05, 0.1) is 28.5 Å². The van der Waals surface area contributed by atoms with Gasteiger partial charge >= 0.3 is 0 Å². The van der Waals surface area contributed by atoms with Crippen LogP contribution in [0.3, 0.4) is 0 Å². The van der Waals surface area contributed by atoms with Gasteiger partial charge in [-0.1, -0.05) is 0 Å². The Balaban J connectivity index is 2.17. The van der Waals surface area contributed by atoms with Crippen molar-refractivity contribution in [2.24, 2.45) is 0 Å². The summed E-state index contributed by atoms with van der Waals surface area (Å²) in [7, 11) is 3.85. The average molecular weight is 300 g/mol. The molecule has 1 unspecified atom stereocenters. The number of anilines is 1. The molecule has 1 N–H and O–H groups in total. The van der Waals surface area contributed by atoms with Gasteiger partial charge in [-0.05, 0) is 32.3 Å². The zero-order valence-corrected chi connectivity index (χ0v) is 12.3. The molecule has 0 aliphatic carbocycles. The van der Waals surface area contributed by atoms with Crippen LogP contribution in [0, 0.1) is 21.4 Å². The van der Waals surface area contributed by atoms with E-state index in [1.54, 1.807) is 12.3 Å². The molecule has 0 aliphatic rings. The summed E-state index contributed by atoms with van der Waals surface area (Å²) in [6.07, 6.45) is 1.61. The molecule has 1 aromatic carbocycles. The molecule has 0 amide bonds. The van der Waals surface area contributed by atoms with Gasteiger partial charge in [0, 0.05) is 18.7 Å². The summed E-state index contributed by atoms with van der Waals surface area (Å²) in [5.41, 5.74) is 0.704. The van der Waals surface area contributed by atoms with Crippen LogP contribution >= 0.6 is 0 Å². The van der Waals surface area contributed by atoms with Crippen LogP contribution in [0.4, 0.5) is 11.4 Å². The average Bonchev–Trinajstić information content (AvgIpc) is 3.01. The highest BCUT2D eigenvalue weighted by molar-refractivity contribution is 5.61. The van der Waals surface area contributed by atoms with Crippen molar-refractivity contribution >= 4 is 11.4 Å². The van der Waals surface area contributed by atoms with Crippen molar-refractivity contribution in [3.63, 3.8) is 0 Å². The lowest BCUT2D eigenvalue weighted by Gasteiger charge is -2.23. The van der Waals surface area contributed by atoms with Gasteiger partial charge in [0.1, 0.15) is 11.8 Å². The maximum absolute atomic E-state index is 10.7. The Morgan fingerprint density at radius 2 is 2.23 bits per heavy atom. The second-order valence-electron chi connectivity index (χ2n) is 4.97. The number of rotatable bonds is 6. The molecule has 1 heterocycles. The molecule has 0 aliphatic heterocycles. The first-order chi connectivity index (χ1) is 10.5. The zero-order chi connectivity index (χ0) is 16.1. The fourth-order valence-electron chi connectivity index (χ4n) is 2.12. The fraction of sp³-hybridized carbons (Fsp3) is 0.267. The van der Waals surface area contributed by atoms with Crippen molar-refractivity contribution in [2.45, 2.75) is 6.04 Å². The lowest BCUT2D eigenvalue weighted by Crippen LogP contribution is -2.26. The Morgan fingerprint density at radius 3 is 2.77 bits per heavy atom. The van der Waals surface area contributed by atoms with Crippen molar-refractivity contribution in [3.05, 3.63) is 58.0 Å². The van der Waals surface area contributed by atoms with E-state index in [-0.39, 0.29) is 17.3 Å². The number of nitro groups is 1. The van der Waals surface area contributed by atoms with E-state index in [1.165, 1.54) is 12.1 Å². The molecular formula is C15H16N4O3. The highest BCUT2D eigenvalue weighted by atomic mass is 16.6. The number of non-ortho nitro benzene ring substituents is 1. The summed E-state index contributed by atoms with van der Waals surface area (Å²) in [6, 6.07) is 9.84. The summed E-state index contributed by atoms with van der Waals surface area (Å²) in [5, 5.41) is 23.0. The first kappa shape index (κ1) is 15.5. The van der Waals surface area contributed by atoms with E-state index in [4.69, 9.17) is 9.68 Å². The van der Waals surface area contributed by atoms with E-state index in [0.717, 1.165) is 5.76 Å². The molecule has 0 spiro atoms. The third kappa shape index (κ3) is 3.42. The summed E-state index contributed by atoms with van der Waals surface area (Å²) < 4.78 is 5.42. The molecule has 0 radical (unpaired) electrons. The number of nitrogens with one attached hydrogen (secondary N) is 1. The third-order valence-corrected chi connectivity index (χ3v) is 3.32. The monoisotopic (exact) mass is 300 g/mol. The molecular weight excluding hydrogens is 284 g/mol. The van der Waals surface area contributed by atoms with Crippen LogP contribution < -0.4 is 5.32 Å². The van der Waals surface area contributed by atoms with Crippen LogP contribution in [0.2, 0.25) is 0 Å². The molecule has 2 aromatic rings. The Kier molecular flexibility index (Phi) is 4.76. The topological polar surface area (TPSA) is 95.3 Å². The van der Waals surface area contributed by atoms with E-state index in [1.807, 2.05) is 37.2 Å². The van der Waals surface area contributed by atoms with Gasteiger partial charge in [-0.25, -0.2) is 0 Å². The first-order valence-corrected chi connectivity index (χ1v) is 6.65. The number of benzene rings is 1. The Morgan fingerprint density at radius 1 is 1.45 bits per heavy atom. The summed E-state index contributed by atoms with van der Waals surface area (Å²) in [6.45, 7) is 0.507. The molecule has 1 atom stereocenters. The highest BCUT2D eigenvalue weighted by Gasteiger charge is 2.18. The van der Waals surface area contributed by atoms with Gasteiger partial charge in [-0.3, -0.25) is 15.0 Å². The van der Waals surface area contributed by atoms with Crippen molar-refractivity contribution in [1.82, 2.24) is 4.90 Å². The molecule has 0 saturated heterocycles. The van der Waals surface area contributed by atoms with Gasteiger partial charge in [-0.2, -0.15) is 5.26 Å². The van der Waals surface area contributed by atoms with Gasteiger partial charge in [0.15, 0.2) is 0 Å². The van der Waals surface area contributed by atoms with Gasteiger partial charge in [0.2, 0.25) is 0 Å². The minimum Gasteiger partial charge on any atom is -0.468 e. The van der Waals surface area contributed by atoms with Crippen LogP contribution in [-0.2, 0) is 0 Å². The van der Waals surface area contributed by atoms with Gasteiger partial charge < -0.3 is 9.73 Å². The van der Waals surface area contributed by atoms with Crippen molar-refractivity contribution < 1.29 is 9.34 Å². The smallest absolute Gasteiger partial charge is 0.270 e. The van der Waals surface area contributed by atoms with E-state index >= 15 is 0 Å². The molecule has 0 bridgehead atoms. The molecule has 1 aromatic heterocycles. The first-order valence-electron chi connectivity index (χ1n) is 6.65. The standard InChI is InChI=1S/C15H16N4O3/c1-18(2)14(15-4-3-7-22-15)10-17-13-6-5-12(19(20)21)8-11(13)9-16/h3-8,14,17H,10H2,1-2H3. The van der Waals surface area contributed by atoms with Crippen LogP contribution in [-0.4, -0.2) is 30.5 Å². The minimum atomic E-state index is -0.518. The second-order valence-corrected chi connectivity index (χ2v) is 4.97. The molecule has 7 nitrogen and oxygen atoms in total. The second kappa shape index (κ2) is 6.74. The number of nitrogens with zero attached hydrogens (tertiary/aromatic N) is 3.